The second-order valence-electron chi connectivity index (χ2n) is 6.44. The molecule has 5 nitrogen and oxygen atoms in total. The second-order valence-corrected chi connectivity index (χ2v) is 7.51. The molecular weight excluding hydrogens is 403 g/mol. The van der Waals surface area contributed by atoms with E-state index in [1.54, 1.807) is 48.5 Å². The summed E-state index contributed by atoms with van der Waals surface area (Å²) in [5.74, 6) is -1.05. The van der Waals surface area contributed by atoms with E-state index in [9.17, 15) is 14.0 Å². The van der Waals surface area contributed by atoms with Gasteiger partial charge in [-0.3, -0.25) is 14.2 Å². The van der Waals surface area contributed by atoms with E-state index in [2.05, 4.69) is 4.98 Å². The molecule has 0 amide bonds. The van der Waals surface area contributed by atoms with Gasteiger partial charge < -0.3 is 4.74 Å². The number of para-hydroxylation sites is 2. The van der Waals surface area contributed by atoms with Crippen molar-refractivity contribution in [3.05, 3.63) is 101 Å². The van der Waals surface area contributed by atoms with Crippen LogP contribution in [0.25, 0.3) is 16.6 Å². The summed E-state index contributed by atoms with van der Waals surface area (Å²) in [6.07, 6.45) is 0. The number of thioether (sulfide) groups is 1. The number of carbonyl (C=O) groups is 1. The van der Waals surface area contributed by atoms with E-state index < -0.39 is 22.6 Å². The van der Waals surface area contributed by atoms with Gasteiger partial charge in [-0.1, -0.05) is 66.4 Å². The monoisotopic (exact) mass is 420 g/mol. The van der Waals surface area contributed by atoms with E-state index >= 15 is 0 Å². The summed E-state index contributed by atoms with van der Waals surface area (Å²) in [5.41, 5.74) is 0.816. The predicted molar refractivity (Wildman–Crippen MR) is 114 cm³/mol. The van der Waals surface area contributed by atoms with Gasteiger partial charge in [0.25, 0.3) is 5.56 Å². The van der Waals surface area contributed by atoms with Crippen LogP contribution in [0.1, 0.15) is 10.8 Å². The number of aromatic nitrogens is 2. The molecule has 0 fully saturated rings. The molecule has 0 spiro atoms. The fourth-order valence-electron chi connectivity index (χ4n) is 3.13. The molecule has 1 atom stereocenters. The van der Waals surface area contributed by atoms with Crippen LogP contribution in [-0.4, -0.2) is 22.6 Å². The van der Waals surface area contributed by atoms with E-state index in [0.29, 0.717) is 16.5 Å². The zero-order valence-electron chi connectivity index (χ0n) is 16.0. The third-order valence-electron chi connectivity index (χ3n) is 4.58. The van der Waals surface area contributed by atoms with Crippen molar-refractivity contribution < 1.29 is 13.9 Å². The zero-order valence-corrected chi connectivity index (χ0v) is 16.8. The van der Waals surface area contributed by atoms with Crippen molar-refractivity contribution in [2.24, 2.45) is 0 Å². The minimum absolute atomic E-state index is 0.0694. The molecule has 0 bridgehead atoms. The van der Waals surface area contributed by atoms with Gasteiger partial charge in [-0.25, -0.2) is 9.37 Å². The van der Waals surface area contributed by atoms with Crippen LogP contribution >= 0.6 is 11.8 Å². The highest BCUT2D eigenvalue weighted by atomic mass is 32.2. The largest absolute Gasteiger partial charge is 0.468 e. The average Bonchev–Trinajstić information content (AvgIpc) is 2.78. The third kappa shape index (κ3) is 3.71. The Kier molecular flexibility index (Phi) is 5.63. The van der Waals surface area contributed by atoms with E-state index in [4.69, 9.17) is 4.74 Å². The number of halogens is 1. The maximum atomic E-state index is 14.6. The first-order chi connectivity index (χ1) is 14.6. The lowest BCUT2D eigenvalue weighted by molar-refractivity contribution is -0.140. The van der Waals surface area contributed by atoms with Gasteiger partial charge >= 0.3 is 5.97 Å². The maximum Gasteiger partial charge on any atom is 0.323 e. The topological polar surface area (TPSA) is 61.2 Å². The first-order valence-corrected chi connectivity index (χ1v) is 10.0. The highest BCUT2D eigenvalue weighted by molar-refractivity contribution is 8.00. The Morgan fingerprint density at radius 3 is 2.40 bits per heavy atom. The van der Waals surface area contributed by atoms with Crippen LogP contribution in [0, 0.1) is 5.82 Å². The number of methoxy groups -OCH3 is 1. The van der Waals surface area contributed by atoms with Gasteiger partial charge in [0.05, 0.1) is 23.7 Å². The van der Waals surface area contributed by atoms with Crippen LogP contribution in [-0.2, 0) is 9.53 Å². The van der Waals surface area contributed by atoms with Gasteiger partial charge in [0.1, 0.15) is 11.1 Å². The lowest BCUT2D eigenvalue weighted by Gasteiger charge is -2.18. The first-order valence-electron chi connectivity index (χ1n) is 9.16. The average molecular weight is 420 g/mol. The molecule has 1 unspecified atom stereocenters. The van der Waals surface area contributed by atoms with Gasteiger partial charge in [-0.2, -0.15) is 0 Å². The van der Waals surface area contributed by atoms with Crippen LogP contribution in [0.2, 0.25) is 0 Å². The van der Waals surface area contributed by atoms with Crippen LogP contribution in [0.15, 0.2) is 88.8 Å². The number of hydrogen-bond acceptors (Lipinski definition) is 5. The number of carbonyl (C=O) groups excluding carboxylic acids is 1. The molecular formula is C23H17FN2O3S. The van der Waals surface area contributed by atoms with Gasteiger partial charge in [-0.05, 0) is 29.8 Å². The minimum atomic E-state index is -0.776. The smallest absolute Gasteiger partial charge is 0.323 e. The summed E-state index contributed by atoms with van der Waals surface area (Å²) in [7, 11) is 1.30. The van der Waals surface area contributed by atoms with Gasteiger partial charge in [-0.15, -0.1) is 0 Å². The molecule has 1 aromatic heterocycles. The Labute approximate surface area is 176 Å². The zero-order chi connectivity index (χ0) is 21.1. The standard InChI is InChI=1S/C23H17FN2O3S/c1-29-22(28)20(15-9-3-2-4-10-15)30-23-25-18-13-7-5-11-16(18)21(27)26(23)19-14-8-6-12-17(19)24/h2-14,20H,1H3. The highest BCUT2D eigenvalue weighted by Crippen LogP contribution is 2.36. The molecule has 4 aromatic rings. The Hall–Kier alpha value is -3.45. The number of fused-ring (bicyclic) bond motifs is 1. The normalized spacial score (nSPS) is 11.9. The summed E-state index contributed by atoms with van der Waals surface area (Å²) in [4.78, 5) is 30.4. The van der Waals surface area contributed by atoms with Crippen molar-refractivity contribution in [1.29, 1.82) is 0 Å². The molecule has 7 heteroatoms. The van der Waals surface area contributed by atoms with Gasteiger partial charge in [0.2, 0.25) is 0 Å². The fourth-order valence-corrected chi connectivity index (χ4v) is 4.26. The molecule has 0 saturated carbocycles. The minimum Gasteiger partial charge on any atom is -0.468 e. The van der Waals surface area contributed by atoms with Crippen LogP contribution in [0.3, 0.4) is 0 Å². The second kappa shape index (κ2) is 8.51. The number of esters is 1. The molecule has 150 valence electrons. The van der Waals surface area contributed by atoms with Crippen molar-refractivity contribution >= 4 is 28.6 Å². The summed E-state index contributed by atoms with van der Waals surface area (Å²) in [5, 5.41) is -0.218. The van der Waals surface area contributed by atoms with Crippen molar-refractivity contribution in [3.63, 3.8) is 0 Å². The number of rotatable bonds is 5. The Morgan fingerprint density at radius 1 is 1.00 bits per heavy atom. The molecule has 0 saturated heterocycles. The SMILES string of the molecule is COC(=O)C(Sc1nc2ccccc2c(=O)n1-c1ccccc1F)c1ccccc1. The van der Waals surface area contributed by atoms with Crippen LogP contribution < -0.4 is 5.56 Å². The third-order valence-corrected chi connectivity index (χ3v) is 5.76. The van der Waals surface area contributed by atoms with E-state index in [-0.39, 0.29) is 10.8 Å². The number of ether oxygens (including phenoxy) is 1. The van der Waals surface area contributed by atoms with E-state index in [1.807, 2.05) is 18.2 Å². The number of nitrogens with zero attached hydrogens (tertiary/aromatic N) is 2. The molecule has 4 rings (SSSR count). The summed E-state index contributed by atoms with van der Waals surface area (Å²) < 4.78 is 20.8. The van der Waals surface area contributed by atoms with Crippen LogP contribution in [0.5, 0.6) is 0 Å². The lowest BCUT2D eigenvalue weighted by Crippen LogP contribution is -2.23. The first kappa shape index (κ1) is 19.8. The summed E-state index contributed by atoms with van der Waals surface area (Å²) >= 11 is 1.04. The molecule has 1 heterocycles. The number of benzene rings is 3. The summed E-state index contributed by atoms with van der Waals surface area (Å²) in [6, 6.07) is 21.9. The van der Waals surface area contributed by atoms with Crippen molar-refractivity contribution in [1.82, 2.24) is 9.55 Å². The van der Waals surface area contributed by atoms with Gasteiger partial charge in [0.15, 0.2) is 5.16 Å². The molecule has 0 aliphatic carbocycles. The predicted octanol–water partition coefficient (Wildman–Crippen LogP) is 4.53. The molecule has 3 aromatic carbocycles. The quantitative estimate of drug-likeness (QED) is 0.270. The highest BCUT2D eigenvalue weighted by Gasteiger charge is 2.26. The molecule has 0 aliphatic heterocycles. The fraction of sp³-hybridized carbons (Fsp3) is 0.0870. The Balaban J connectivity index is 1.95. The number of hydrogen-bond donors (Lipinski definition) is 0. The van der Waals surface area contributed by atoms with Crippen molar-refractivity contribution in [3.8, 4) is 5.69 Å². The molecule has 0 aliphatic rings. The summed E-state index contributed by atoms with van der Waals surface area (Å²) in [6.45, 7) is 0. The molecule has 30 heavy (non-hydrogen) atoms. The lowest BCUT2D eigenvalue weighted by atomic mass is 10.1. The van der Waals surface area contributed by atoms with Crippen LogP contribution in [0.4, 0.5) is 4.39 Å². The molecule has 0 N–H and O–H groups in total. The van der Waals surface area contributed by atoms with Crippen molar-refractivity contribution in [2.45, 2.75) is 10.4 Å². The maximum absolute atomic E-state index is 14.6. The van der Waals surface area contributed by atoms with Gasteiger partial charge in [0, 0.05) is 0 Å². The van der Waals surface area contributed by atoms with E-state index in [0.717, 1.165) is 11.8 Å². The van der Waals surface area contributed by atoms with Crippen molar-refractivity contribution in [2.75, 3.05) is 7.11 Å². The van der Waals surface area contributed by atoms with E-state index in [1.165, 1.54) is 23.8 Å². The molecule has 0 radical (unpaired) electrons. The Morgan fingerprint density at radius 2 is 1.67 bits per heavy atom. The Bertz CT molecular complexity index is 1270.